The van der Waals surface area contributed by atoms with E-state index in [1.54, 1.807) is 49.4 Å². The van der Waals surface area contributed by atoms with Crippen LogP contribution in [0.25, 0.3) is 0 Å². The third-order valence-electron chi connectivity index (χ3n) is 4.78. The van der Waals surface area contributed by atoms with Crippen LogP contribution in [0.15, 0.2) is 72.8 Å². The van der Waals surface area contributed by atoms with Gasteiger partial charge in [0.1, 0.15) is 18.1 Å². The van der Waals surface area contributed by atoms with Crippen molar-refractivity contribution in [2.75, 3.05) is 12.4 Å². The van der Waals surface area contributed by atoms with Crippen molar-refractivity contribution in [2.45, 2.75) is 19.1 Å². The van der Waals surface area contributed by atoms with E-state index in [-0.39, 0.29) is 0 Å². The van der Waals surface area contributed by atoms with Crippen molar-refractivity contribution in [3.05, 3.63) is 89.5 Å². The van der Waals surface area contributed by atoms with E-state index in [2.05, 4.69) is 5.32 Å². The zero-order valence-corrected chi connectivity index (χ0v) is 16.8. The summed E-state index contributed by atoms with van der Waals surface area (Å²) in [5.74, 6) is -0.0684. The zero-order valence-electron chi connectivity index (χ0n) is 16.8. The Hall–Kier alpha value is -3.98. The molecule has 2 N–H and O–H groups in total. The van der Waals surface area contributed by atoms with Gasteiger partial charge in [-0.1, -0.05) is 30.3 Å². The number of carbonyl (C=O) groups is 1. The number of ether oxygens (including phenoxy) is 2. The van der Waals surface area contributed by atoms with E-state index in [0.29, 0.717) is 34.9 Å². The smallest absolute Gasteiger partial charge is 0.333 e. The third-order valence-corrected chi connectivity index (χ3v) is 4.78. The predicted octanol–water partition coefficient (Wildman–Crippen LogP) is 4.56. The number of hydrogen-bond acceptors (Lipinski definition) is 5. The highest BCUT2D eigenvalue weighted by atomic mass is 16.5. The summed E-state index contributed by atoms with van der Waals surface area (Å²) in [7, 11) is 1.52. The normalized spacial score (nSPS) is 12.3. The van der Waals surface area contributed by atoms with Crippen LogP contribution in [0.5, 0.6) is 11.5 Å². The van der Waals surface area contributed by atoms with Crippen molar-refractivity contribution in [1.29, 1.82) is 5.26 Å². The number of anilines is 1. The van der Waals surface area contributed by atoms with Gasteiger partial charge in [-0.3, -0.25) is 0 Å². The molecule has 0 heterocycles. The lowest BCUT2D eigenvalue weighted by molar-refractivity contribution is -0.142. The minimum absolute atomic E-state index is 0.348. The van der Waals surface area contributed by atoms with Crippen LogP contribution < -0.4 is 14.8 Å². The lowest BCUT2D eigenvalue weighted by Gasteiger charge is -2.29. The molecule has 30 heavy (non-hydrogen) atoms. The van der Waals surface area contributed by atoms with Gasteiger partial charge in [-0.25, -0.2) is 4.79 Å². The summed E-state index contributed by atoms with van der Waals surface area (Å²) in [5.41, 5.74) is 1.09. The van der Waals surface area contributed by atoms with Crippen molar-refractivity contribution in [1.82, 2.24) is 0 Å². The van der Waals surface area contributed by atoms with Crippen molar-refractivity contribution in [2.24, 2.45) is 0 Å². The van der Waals surface area contributed by atoms with Gasteiger partial charge in [0.05, 0.1) is 18.7 Å². The van der Waals surface area contributed by atoms with Gasteiger partial charge in [-0.2, -0.15) is 5.26 Å². The monoisotopic (exact) mass is 402 g/mol. The average Bonchev–Trinajstić information content (AvgIpc) is 2.78. The maximum absolute atomic E-state index is 12.2. The summed E-state index contributed by atoms with van der Waals surface area (Å²) in [4.78, 5) is 12.2. The maximum atomic E-state index is 12.2. The van der Waals surface area contributed by atoms with Crippen LogP contribution in [0.1, 0.15) is 23.6 Å². The maximum Gasteiger partial charge on any atom is 0.333 e. The van der Waals surface area contributed by atoms with Gasteiger partial charge >= 0.3 is 5.97 Å². The number of aliphatic carboxylic acids is 1. The SMILES string of the molecule is COc1cc(OCc2ccccc2)cc(C(C)(Nc2ccc(C#N)cc2)C(=O)O)c1. The lowest BCUT2D eigenvalue weighted by Crippen LogP contribution is -2.40. The molecule has 1 atom stereocenters. The number of carboxylic acid groups (broad SMARTS) is 1. The summed E-state index contributed by atoms with van der Waals surface area (Å²) in [6.07, 6.45) is 0. The van der Waals surface area contributed by atoms with E-state index in [4.69, 9.17) is 14.7 Å². The van der Waals surface area contributed by atoms with E-state index in [1.807, 2.05) is 36.4 Å². The molecule has 6 nitrogen and oxygen atoms in total. The number of hydrogen-bond donors (Lipinski definition) is 2. The first-order valence-electron chi connectivity index (χ1n) is 9.32. The van der Waals surface area contributed by atoms with Crippen molar-refractivity contribution >= 4 is 11.7 Å². The quantitative estimate of drug-likeness (QED) is 0.574. The summed E-state index contributed by atoms with van der Waals surface area (Å²) in [6, 6.07) is 23.4. The molecule has 0 radical (unpaired) electrons. The van der Waals surface area contributed by atoms with Crippen LogP contribution >= 0.6 is 0 Å². The molecule has 6 heteroatoms. The second-order valence-electron chi connectivity index (χ2n) is 6.92. The molecule has 0 saturated carbocycles. The Morgan fingerprint density at radius 2 is 1.73 bits per heavy atom. The van der Waals surface area contributed by atoms with Crippen LogP contribution in [-0.2, 0) is 16.9 Å². The summed E-state index contributed by atoms with van der Waals surface area (Å²) in [5, 5.41) is 22.0. The Morgan fingerprint density at radius 3 is 2.33 bits per heavy atom. The standard InChI is InChI=1S/C24H22N2O4/c1-24(23(27)28,26-20-10-8-17(15-25)9-11-20)19-12-21(29-2)14-22(13-19)30-16-18-6-4-3-5-7-18/h3-14,26H,16H2,1-2H3,(H,27,28). The molecule has 152 valence electrons. The van der Waals surface area contributed by atoms with Crippen LogP contribution in [0.2, 0.25) is 0 Å². The largest absolute Gasteiger partial charge is 0.497 e. The van der Waals surface area contributed by atoms with Gasteiger partial charge in [0, 0.05) is 11.8 Å². The van der Waals surface area contributed by atoms with E-state index in [1.165, 1.54) is 7.11 Å². The van der Waals surface area contributed by atoms with Gasteiger partial charge in [0.15, 0.2) is 5.54 Å². The highest BCUT2D eigenvalue weighted by Gasteiger charge is 2.36. The van der Waals surface area contributed by atoms with E-state index < -0.39 is 11.5 Å². The Morgan fingerprint density at radius 1 is 1.07 bits per heavy atom. The fourth-order valence-electron chi connectivity index (χ4n) is 2.97. The van der Waals surface area contributed by atoms with Crippen LogP contribution in [-0.4, -0.2) is 18.2 Å². The molecule has 1 unspecified atom stereocenters. The van der Waals surface area contributed by atoms with Crippen molar-refractivity contribution in [3.8, 4) is 17.6 Å². The van der Waals surface area contributed by atoms with Crippen molar-refractivity contribution < 1.29 is 19.4 Å². The lowest BCUT2D eigenvalue weighted by atomic mass is 9.91. The van der Waals surface area contributed by atoms with Crippen molar-refractivity contribution in [3.63, 3.8) is 0 Å². The Labute approximate surface area is 175 Å². The molecular weight excluding hydrogens is 380 g/mol. The van der Waals surface area contributed by atoms with Gasteiger partial charge < -0.3 is 19.9 Å². The first kappa shape index (κ1) is 20.7. The number of methoxy groups -OCH3 is 1. The molecule has 3 rings (SSSR count). The number of nitrogens with zero attached hydrogens (tertiary/aromatic N) is 1. The van der Waals surface area contributed by atoms with Gasteiger partial charge in [-0.05, 0) is 54.4 Å². The number of rotatable bonds is 8. The summed E-state index contributed by atoms with van der Waals surface area (Å²) >= 11 is 0. The molecule has 3 aromatic carbocycles. The van der Waals surface area contributed by atoms with E-state index >= 15 is 0 Å². The second-order valence-corrected chi connectivity index (χ2v) is 6.92. The molecule has 3 aromatic rings. The average molecular weight is 402 g/mol. The fraction of sp³-hybridized carbons (Fsp3) is 0.167. The van der Waals surface area contributed by atoms with E-state index in [9.17, 15) is 9.90 Å². The predicted molar refractivity (Wildman–Crippen MR) is 114 cm³/mol. The molecule has 0 aliphatic carbocycles. The minimum atomic E-state index is -1.45. The number of benzene rings is 3. The van der Waals surface area contributed by atoms with Gasteiger partial charge in [0.2, 0.25) is 0 Å². The number of carboxylic acids is 1. The van der Waals surface area contributed by atoms with Gasteiger partial charge in [0.25, 0.3) is 0 Å². The van der Waals surface area contributed by atoms with Gasteiger partial charge in [-0.15, -0.1) is 0 Å². The Kier molecular flexibility index (Phi) is 6.23. The summed E-state index contributed by atoms with van der Waals surface area (Å²) in [6.45, 7) is 1.92. The fourth-order valence-corrected chi connectivity index (χ4v) is 2.97. The minimum Gasteiger partial charge on any atom is -0.497 e. The molecule has 0 bridgehead atoms. The van der Waals surface area contributed by atoms with E-state index in [0.717, 1.165) is 5.56 Å². The second kappa shape index (κ2) is 9.01. The molecule has 0 spiro atoms. The number of nitrogens with one attached hydrogen (secondary N) is 1. The molecule has 0 fully saturated rings. The molecule has 0 amide bonds. The van der Waals surface area contributed by atoms with Crippen LogP contribution in [0.4, 0.5) is 5.69 Å². The third kappa shape index (κ3) is 4.70. The first-order valence-corrected chi connectivity index (χ1v) is 9.32. The van der Waals surface area contributed by atoms with Crippen LogP contribution in [0.3, 0.4) is 0 Å². The topological polar surface area (TPSA) is 91.6 Å². The highest BCUT2D eigenvalue weighted by Crippen LogP contribution is 2.33. The van der Waals surface area contributed by atoms with Crippen LogP contribution in [0, 0.1) is 11.3 Å². The molecule has 0 aromatic heterocycles. The summed E-state index contributed by atoms with van der Waals surface area (Å²) < 4.78 is 11.3. The molecular formula is C24H22N2O4. The molecule has 0 saturated heterocycles. The Balaban J connectivity index is 1.92. The molecule has 0 aliphatic rings. The Bertz CT molecular complexity index is 1060. The number of nitriles is 1. The molecule has 0 aliphatic heterocycles. The first-order chi connectivity index (χ1) is 14.4. The highest BCUT2D eigenvalue weighted by molar-refractivity contribution is 5.84. The zero-order chi connectivity index (χ0) is 21.6.